The van der Waals surface area contributed by atoms with Crippen LogP contribution in [0.15, 0.2) is 51.7 Å². The van der Waals surface area contributed by atoms with Crippen LogP contribution in [0.3, 0.4) is 0 Å². The molecular formula is C14H10O3. The fourth-order valence-corrected chi connectivity index (χ4v) is 2.16. The number of rotatable bonds is 1. The summed E-state index contributed by atoms with van der Waals surface area (Å²) in [6.07, 6.45) is 7.66. The quantitative estimate of drug-likeness (QED) is 0.691. The Morgan fingerprint density at radius 3 is 2.76 bits per heavy atom. The minimum Gasteiger partial charge on any atom is -0.465 e. The molecule has 3 nitrogen and oxygen atoms in total. The second-order valence-corrected chi connectivity index (χ2v) is 4.16. The molecule has 1 aromatic rings. The Labute approximate surface area is 98.1 Å². The van der Waals surface area contributed by atoms with Gasteiger partial charge in [-0.05, 0) is 23.8 Å². The molecule has 2 aliphatic carbocycles. The number of furan rings is 1. The van der Waals surface area contributed by atoms with E-state index < -0.39 is 0 Å². The van der Waals surface area contributed by atoms with Crippen molar-refractivity contribution in [3.63, 3.8) is 0 Å². The van der Waals surface area contributed by atoms with E-state index in [1.165, 1.54) is 0 Å². The summed E-state index contributed by atoms with van der Waals surface area (Å²) in [6.45, 7) is 0. The van der Waals surface area contributed by atoms with E-state index in [0.29, 0.717) is 17.6 Å². The van der Waals surface area contributed by atoms with Crippen molar-refractivity contribution >= 4 is 17.6 Å². The SMILES string of the molecule is O=C1CC(=O)C2=C1C=CC(=Cc1ccco1)C2. The van der Waals surface area contributed by atoms with Crippen molar-refractivity contribution in [3.05, 3.63) is 53.0 Å². The lowest BCUT2D eigenvalue weighted by molar-refractivity contribution is -0.120. The van der Waals surface area contributed by atoms with Gasteiger partial charge in [-0.2, -0.15) is 0 Å². The second-order valence-electron chi connectivity index (χ2n) is 4.16. The smallest absolute Gasteiger partial charge is 0.171 e. The lowest BCUT2D eigenvalue weighted by atomic mass is 9.95. The highest BCUT2D eigenvalue weighted by molar-refractivity contribution is 6.24. The van der Waals surface area contributed by atoms with E-state index in [1.807, 2.05) is 24.3 Å². The summed E-state index contributed by atoms with van der Waals surface area (Å²) in [5, 5.41) is 0. The van der Waals surface area contributed by atoms with Crippen LogP contribution in [0, 0.1) is 0 Å². The van der Waals surface area contributed by atoms with E-state index >= 15 is 0 Å². The highest BCUT2D eigenvalue weighted by atomic mass is 16.3. The van der Waals surface area contributed by atoms with Gasteiger partial charge in [-0.15, -0.1) is 0 Å². The van der Waals surface area contributed by atoms with Crippen LogP contribution in [0.25, 0.3) is 6.08 Å². The summed E-state index contributed by atoms with van der Waals surface area (Å²) in [5.74, 6) is 0.656. The molecule has 3 rings (SSSR count). The number of hydrogen-bond acceptors (Lipinski definition) is 3. The average molecular weight is 226 g/mol. The molecule has 0 atom stereocenters. The molecule has 0 aliphatic heterocycles. The topological polar surface area (TPSA) is 47.3 Å². The zero-order valence-electron chi connectivity index (χ0n) is 9.10. The number of carbonyl (C=O) groups excluding carboxylic acids is 2. The molecule has 0 saturated heterocycles. The van der Waals surface area contributed by atoms with Gasteiger partial charge in [-0.25, -0.2) is 0 Å². The van der Waals surface area contributed by atoms with Crippen LogP contribution in [-0.4, -0.2) is 11.6 Å². The Balaban J connectivity index is 1.92. The molecule has 0 unspecified atom stereocenters. The predicted molar refractivity (Wildman–Crippen MR) is 62.1 cm³/mol. The normalized spacial score (nSPS) is 21.5. The second kappa shape index (κ2) is 3.70. The van der Waals surface area contributed by atoms with Crippen molar-refractivity contribution < 1.29 is 14.0 Å². The Hall–Kier alpha value is -2.16. The molecule has 84 valence electrons. The van der Waals surface area contributed by atoms with Crippen LogP contribution < -0.4 is 0 Å². The summed E-state index contributed by atoms with van der Waals surface area (Å²) in [6, 6.07) is 3.67. The highest BCUT2D eigenvalue weighted by Crippen LogP contribution is 2.31. The number of ketones is 2. The van der Waals surface area contributed by atoms with E-state index in [1.54, 1.807) is 12.3 Å². The molecule has 0 saturated carbocycles. The molecule has 3 heteroatoms. The molecule has 0 amide bonds. The standard InChI is InChI=1S/C14H10O3/c15-13-8-14(16)12-7-9(3-4-11(12)13)6-10-2-1-5-17-10/h1-6H,7-8H2. The van der Waals surface area contributed by atoms with Crippen molar-refractivity contribution in [2.45, 2.75) is 12.8 Å². The first-order valence-electron chi connectivity index (χ1n) is 5.46. The minimum atomic E-state index is -0.0571. The summed E-state index contributed by atoms with van der Waals surface area (Å²) < 4.78 is 5.22. The lowest BCUT2D eigenvalue weighted by Gasteiger charge is -2.08. The molecular weight excluding hydrogens is 216 g/mol. The Kier molecular flexibility index (Phi) is 2.18. The van der Waals surface area contributed by atoms with Gasteiger partial charge in [0.15, 0.2) is 11.6 Å². The molecule has 0 N–H and O–H groups in total. The van der Waals surface area contributed by atoms with Crippen molar-refractivity contribution in [3.8, 4) is 0 Å². The fraction of sp³-hybridized carbons (Fsp3) is 0.143. The van der Waals surface area contributed by atoms with Gasteiger partial charge in [-0.1, -0.05) is 12.2 Å². The molecule has 1 aromatic heterocycles. The Morgan fingerprint density at radius 1 is 1.12 bits per heavy atom. The van der Waals surface area contributed by atoms with Crippen LogP contribution in [-0.2, 0) is 9.59 Å². The van der Waals surface area contributed by atoms with Gasteiger partial charge >= 0.3 is 0 Å². The van der Waals surface area contributed by atoms with Gasteiger partial charge in [0.1, 0.15) is 5.76 Å². The maximum Gasteiger partial charge on any atom is 0.171 e. The van der Waals surface area contributed by atoms with Gasteiger partial charge in [0.2, 0.25) is 0 Å². The minimum absolute atomic E-state index is 0.0308. The third kappa shape index (κ3) is 1.69. The molecule has 17 heavy (non-hydrogen) atoms. The molecule has 0 fully saturated rings. The zero-order valence-corrected chi connectivity index (χ0v) is 9.10. The van der Waals surface area contributed by atoms with Gasteiger partial charge in [-0.3, -0.25) is 9.59 Å². The van der Waals surface area contributed by atoms with Crippen molar-refractivity contribution in [1.82, 2.24) is 0 Å². The first-order valence-corrected chi connectivity index (χ1v) is 5.46. The van der Waals surface area contributed by atoms with E-state index in [-0.39, 0.29) is 18.0 Å². The maximum atomic E-state index is 11.6. The summed E-state index contributed by atoms with van der Waals surface area (Å²) in [4.78, 5) is 23.1. The van der Waals surface area contributed by atoms with Crippen LogP contribution in [0.2, 0.25) is 0 Å². The van der Waals surface area contributed by atoms with Crippen LogP contribution >= 0.6 is 0 Å². The first kappa shape index (κ1) is 10.0. The molecule has 0 radical (unpaired) electrons. The molecule has 0 bridgehead atoms. The van der Waals surface area contributed by atoms with Crippen LogP contribution in [0.5, 0.6) is 0 Å². The lowest BCUT2D eigenvalue weighted by Crippen LogP contribution is -2.00. The van der Waals surface area contributed by atoms with Crippen molar-refractivity contribution in [2.75, 3.05) is 0 Å². The van der Waals surface area contributed by atoms with Crippen LogP contribution in [0.4, 0.5) is 0 Å². The Bertz CT molecular complexity index is 583. The third-order valence-corrected chi connectivity index (χ3v) is 3.00. The largest absolute Gasteiger partial charge is 0.465 e. The number of hydrogen-bond donors (Lipinski definition) is 0. The van der Waals surface area contributed by atoms with Gasteiger partial charge in [0.05, 0.1) is 12.7 Å². The third-order valence-electron chi connectivity index (χ3n) is 3.00. The molecule has 1 heterocycles. The Morgan fingerprint density at radius 2 is 2.00 bits per heavy atom. The zero-order chi connectivity index (χ0) is 11.8. The van der Waals surface area contributed by atoms with E-state index in [4.69, 9.17) is 4.42 Å². The fourth-order valence-electron chi connectivity index (χ4n) is 2.16. The average Bonchev–Trinajstić information content (AvgIpc) is 2.89. The predicted octanol–water partition coefficient (Wildman–Crippen LogP) is 2.46. The number of Topliss-reactive ketones (excluding diaryl/α,β-unsaturated/α-hetero) is 2. The van der Waals surface area contributed by atoms with Gasteiger partial charge in [0.25, 0.3) is 0 Å². The monoisotopic (exact) mass is 226 g/mol. The first-order chi connectivity index (χ1) is 8.24. The van der Waals surface area contributed by atoms with E-state index in [9.17, 15) is 9.59 Å². The summed E-state index contributed by atoms with van der Waals surface area (Å²) >= 11 is 0. The molecule has 2 aliphatic rings. The van der Waals surface area contributed by atoms with Gasteiger partial charge in [0, 0.05) is 17.6 Å². The van der Waals surface area contributed by atoms with Crippen LogP contribution in [0.1, 0.15) is 18.6 Å². The van der Waals surface area contributed by atoms with Gasteiger partial charge < -0.3 is 4.42 Å². The molecule has 0 spiro atoms. The number of carbonyl (C=O) groups is 2. The maximum absolute atomic E-state index is 11.6. The molecule has 0 aromatic carbocycles. The highest BCUT2D eigenvalue weighted by Gasteiger charge is 2.30. The summed E-state index contributed by atoms with van der Waals surface area (Å²) in [5.41, 5.74) is 2.23. The van der Waals surface area contributed by atoms with Crippen molar-refractivity contribution in [2.24, 2.45) is 0 Å². The van der Waals surface area contributed by atoms with E-state index in [2.05, 4.69) is 0 Å². The number of allylic oxidation sites excluding steroid dienone is 5. The summed E-state index contributed by atoms with van der Waals surface area (Å²) in [7, 11) is 0. The van der Waals surface area contributed by atoms with E-state index in [0.717, 1.165) is 11.3 Å². The van der Waals surface area contributed by atoms with Crippen molar-refractivity contribution in [1.29, 1.82) is 0 Å².